The Balaban J connectivity index is 3.30. The summed E-state index contributed by atoms with van der Waals surface area (Å²) >= 11 is 4.43. The fourth-order valence-electron chi connectivity index (χ4n) is 3.23. The van der Waals surface area contributed by atoms with E-state index in [0.29, 0.717) is 11.4 Å². The van der Waals surface area contributed by atoms with Crippen LogP contribution in [0.3, 0.4) is 0 Å². The number of unbranched alkanes of at least 4 members (excludes halogenated alkanes) is 11. The molecule has 0 bridgehead atoms. The molecule has 0 aliphatic heterocycles. The molecule has 0 N–H and O–H groups in total. The first-order valence-electron chi connectivity index (χ1n) is 11.0. The summed E-state index contributed by atoms with van der Waals surface area (Å²) in [5.74, 6) is 0. The average Bonchev–Trinajstić information content (AvgIpc) is 2.57. The molecule has 0 saturated heterocycles. The van der Waals surface area contributed by atoms with Gasteiger partial charge in [0.2, 0.25) is 0 Å². The van der Waals surface area contributed by atoms with Gasteiger partial charge in [0.15, 0.2) is 0 Å². The predicted octanol–water partition coefficient (Wildman–Crippen LogP) is 7.97. The van der Waals surface area contributed by atoms with E-state index in [1.54, 1.807) is 0 Å². The lowest BCUT2D eigenvalue weighted by Gasteiger charge is -2.16. The molecule has 1 nitrogen and oxygen atoms in total. The van der Waals surface area contributed by atoms with E-state index in [1.807, 2.05) is 0 Å². The number of hydrogen-bond donors (Lipinski definition) is 1. The summed E-state index contributed by atoms with van der Waals surface area (Å²) in [5.41, 5.74) is 0. The highest BCUT2D eigenvalue weighted by molar-refractivity contribution is 7.80. The van der Waals surface area contributed by atoms with Crippen molar-refractivity contribution < 1.29 is 4.74 Å². The van der Waals surface area contributed by atoms with Crippen molar-refractivity contribution in [1.29, 1.82) is 0 Å². The molecule has 0 aliphatic carbocycles. The average molecular weight is 359 g/mol. The summed E-state index contributed by atoms with van der Waals surface area (Å²) in [5, 5.41) is 0.570. The lowest BCUT2D eigenvalue weighted by Crippen LogP contribution is -2.12. The molecule has 146 valence electrons. The number of rotatable bonds is 19. The van der Waals surface area contributed by atoms with Gasteiger partial charge in [0.25, 0.3) is 0 Å². The smallest absolute Gasteiger partial charge is 0.0572 e. The molecule has 0 aromatic carbocycles. The molecule has 2 atom stereocenters. The van der Waals surface area contributed by atoms with Gasteiger partial charge in [-0.25, -0.2) is 0 Å². The third-order valence-electron chi connectivity index (χ3n) is 4.95. The van der Waals surface area contributed by atoms with Crippen LogP contribution < -0.4 is 0 Å². The van der Waals surface area contributed by atoms with E-state index in [1.165, 1.54) is 103 Å². The second-order valence-corrected chi connectivity index (χ2v) is 8.45. The lowest BCUT2D eigenvalue weighted by atomic mass is 10.1. The Hall–Kier alpha value is 0.310. The van der Waals surface area contributed by atoms with E-state index in [2.05, 4.69) is 33.4 Å². The zero-order chi connectivity index (χ0) is 17.9. The van der Waals surface area contributed by atoms with Crippen LogP contribution in [0.5, 0.6) is 0 Å². The van der Waals surface area contributed by atoms with Gasteiger partial charge < -0.3 is 4.74 Å². The maximum absolute atomic E-state index is 6.09. The van der Waals surface area contributed by atoms with Crippen molar-refractivity contribution in [3.05, 3.63) is 0 Å². The zero-order valence-corrected chi connectivity index (χ0v) is 17.9. The molecule has 2 unspecified atom stereocenters. The van der Waals surface area contributed by atoms with Gasteiger partial charge in [-0.1, -0.05) is 97.8 Å². The van der Waals surface area contributed by atoms with E-state index in [9.17, 15) is 0 Å². The molecule has 0 fully saturated rings. The summed E-state index contributed by atoms with van der Waals surface area (Å²) in [6.45, 7) is 7.72. The molecule has 2 heteroatoms. The molecule has 0 rings (SSSR count). The van der Waals surface area contributed by atoms with Crippen LogP contribution in [0.4, 0.5) is 0 Å². The highest BCUT2D eigenvalue weighted by atomic mass is 32.1. The Morgan fingerprint density at radius 2 is 1.17 bits per heavy atom. The third kappa shape index (κ3) is 18.6. The van der Waals surface area contributed by atoms with Crippen molar-refractivity contribution >= 4 is 12.6 Å². The van der Waals surface area contributed by atoms with Crippen molar-refractivity contribution in [1.82, 2.24) is 0 Å². The number of hydrogen-bond acceptors (Lipinski definition) is 2. The standard InChI is InChI=1S/C22H46OS/c1-4-6-7-8-9-13-16-19-22(5-2)23-20-17-14-11-10-12-15-18-21(3)24/h21-22,24H,4-20H2,1-3H3. The van der Waals surface area contributed by atoms with Gasteiger partial charge in [0, 0.05) is 6.61 Å². The van der Waals surface area contributed by atoms with Gasteiger partial charge in [0.05, 0.1) is 6.10 Å². The minimum absolute atomic E-state index is 0.512. The minimum Gasteiger partial charge on any atom is -0.378 e. The van der Waals surface area contributed by atoms with Crippen LogP contribution in [-0.2, 0) is 4.74 Å². The van der Waals surface area contributed by atoms with E-state index in [4.69, 9.17) is 4.74 Å². The van der Waals surface area contributed by atoms with Crippen molar-refractivity contribution in [3.8, 4) is 0 Å². The summed E-state index contributed by atoms with van der Waals surface area (Å²) in [6.07, 6.45) is 22.1. The fraction of sp³-hybridized carbons (Fsp3) is 1.00. The monoisotopic (exact) mass is 358 g/mol. The van der Waals surface area contributed by atoms with Gasteiger partial charge in [0.1, 0.15) is 0 Å². The predicted molar refractivity (Wildman–Crippen MR) is 113 cm³/mol. The molecule has 0 aromatic rings. The van der Waals surface area contributed by atoms with Crippen LogP contribution in [0, 0.1) is 0 Å². The Bertz CT molecular complexity index is 230. The first-order chi connectivity index (χ1) is 11.7. The van der Waals surface area contributed by atoms with Crippen molar-refractivity contribution in [2.45, 2.75) is 135 Å². The van der Waals surface area contributed by atoms with Gasteiger partial charge in [-0.15, -0.1) is 0 Å². The molecule has 0 spiro atoms. The van der Waals surface area contributed by atoms with Crippen LogP contribution in [0.1, 0.15) is 124 Å². The van der Waals surface area contributed by atoms with Crippen molar-refractivity contribution in [2.24, 2.45) is 0 Å². The summed E-state index contributed by atoms with van der Waals surface area (Å²) in [7, 11) is 0. The number of ether oxygens (including phenoxy) is 1. The third-order valence-corrected chi connectivity index (χ3v) is 5.21. The molecular formula is C22H46OS. The second-order valence-electron chi connectivity index (χ2n) is 7.57. The van der Waals surface area contributed by atoms with Crippen molar-refractivity contribution in [3.63, 3.8) is 0 Å². The summed E-state index contributed by atoms with van der Waals surface area (Å²) in [6, 6.07) is 0. The van der Waals surface area contributed by atoms with Gasteiger partial charge in [-0.2, -0.15) is 12.6 Å². The van der Waals surface area contributed by atoms with E-state index in [-0.39, 0.29) is 0 Å². The fourth-order valence-corrected chi connectivity index (χ4v) is 3.42. The quantitative estimate of drug-likeness (QED) is 0.182. The molecule has 0 heterocycles. The minimum atomic E-state index is 0.512. The molecule has 0 radical (unpaired) electrons. The van der Waals surface area contributed by atoms with Crippen LogP contribution in [0.25, 0.3) is 0 Å². The first kappa shape index (κ1) is 24.3. The van der Waals surface area contributed by atoms with E-state index in [0.717, 1.165) is 6.61 Å². The Morgan fingerprint density at radius 3 is 1.71 bits per heavy atom. The molecule has 0 aromatic heterocycles. The maximum Gasteiger partial charge on any atom is 0.0572 e. The largest absolute Gasteiger partial charge is 0.378 e. The Morgan fingerprint density at radius 1 is 0.667 bits per heavy atom. The summed E-state index contributed by atoms with van der Waals surface area (Å²) in [4.78, 5) is 0. The molecule has 0 saturated carbocycles. The van der Waals surface area contributed by atoms with Crippen molar-refractivity contribution in [2.75, 3.05) is 6.61 Å². The first-order valence-corrected chi connectivity index (χ1v) is 11.5. The van der Waals surface area contributed by atoms with Crippen LogP contribution in [0.15, 0.2) is 0 Å². The maximum atomic E-state index is 6.09. The van der Waals surface area contributed by atoms with Gasteiger partial charge in [-0.3, -0.25) is 0 Å². The van der Waals surface area contributed by atoms with E-state index < -0.39 is 0 Å². The van der Waals surface area contributed by atoms with Crippen LogP contribution >= 0.6 is 12.6 Å². The topological polar surface area (TPSA) is 9.23 Å². The molecule has 0 aliphatic rings. The molecule has 24 heavy (non-hydrogen) atoms. The zero-order valence-electron chi connectivity index (χ0n) is 17.0. The lowest BCUT2D eigenvalue weighted by molar-refractivity contribution is 0.0406. The Labute approximate surface area is 159 Å². The highest BCUT2D eigenvalue weighted by Gasteiger charge is 2.06. The van der Waals surface area contributed by atoms with Gasteiger partial charge in [-0.05, 0) is 30.9 Å². The second kappa shape index (κ2) is 19.6. The summed E-state index contributed by atoms with van der Waals surface area (Å²) < 4.78 is 6.09. The normalized spacial score (nSPS) is 14.0. The SMILES string of the molecule is CCCCCCCCCC(CC)OCCCCCCCCC(C)S. The van der Waals surface area contributed by atoms with E-state index >= 15 is 0 Å². The van der Waals surface area contributed by atoms with Crippen LogP contribution in [-0.4, -0.2) is 18.0 Å². The Kier molecular flexibility index (Phi) is 19.9. The number of thiol groups is 1. The van der Waals surface area contributed by atoms with Gasteiger partial charge >= 0.3 is 0 Å². The molecular weight excluding hydrogens is 312 g/mol. The highest BCUT2D eigenvalue weighted by Crippen LogP contribution is 2.14. The van der Waals surface area contributed by atoms with Crippen LogP contribution in [0.2, 0.25) is 0 Å². The molecule has 0 amide bonds.